The van der Waals surface area contributed by atoms with E-state index < -0.39 is 5.60 Å². The van der Waals surface area contributed by atoms with Crippen molar-refractivity contribution in [2.24, 2.45) is 0 Å². The summed E-state index contributed by atoms with van der Waals surface area (Å²) in [6.07, 6.45) is 2.95. The van der Waals surface area contributed by atoms with E-state index in [0.717, 1.165) is 12.8 Å². The molecule has 22 heavy (non-hydrogen) atoms. The normalized spacial score (nSPS) is 21.0. The van der Waals surface area contributed by atoms with Crippen molar-refractivity contribution in [3.05, 3.63) is 35.9 Å². The summed E-state index contributed by atoms with van der Waals surface area (Å²) in [6, 6.07) is 9.20. The molecule has 1 aliphatic carbocycles. The molecule has 3 rings (SSSR count). The van der Waals surface area contributed by atoms with Gasteiger partial charge in [-0.3, -0.25) is 9.59 Å². The van der Waals surface area contributed by atoms with Crippen molar-refractivity contribution in [1.29, 1.82) is 0 Å². The molecule has 1 saturated carbocycles. The zero-order chi connectivity index (χ0) is 15.6. The Balaban J connectivity index is 1.58. The highest BCUT2D eigenvalue weighted by molar-refractivity contribution is 5.94. The molecule has 1 aromatic carbocycles. The van der Waals surface area contributed by atoms with Crippen LogP contribution in [-0.4, -0.2) is 58.5 Å². The number of hydrogen-bond donors (Lipinski definition) is 1. The second-order valence-electron chi connectivity index (χ2n) is 6.19. The van der Waals surface area contributed by atoms with E-state index in [2.05, 4.69) is 0 Å². The molecule has 0 aromatic heterocycles. The maximum Gasteiger partial charge on any atom is 0.254 e. The van der Waals surface area contributed by atoms with E-state index in [4.69, 9.17) is 0 Å². The summed E-state index contributed by atoms with van der Waals surface area (Å²) in [7, 11) is 0. The number of aliphatic hydroxyl groups is 1. The second-order valence-corrected chi connectivity index (χ2v) is 6.19. The van der Waals surface area contributed by atoms with Crippen LogP contribution in [-0.2, 0) is 4.79 Å². The molecule has 1 aromatic rings. The minimum atomic E-state index is -1.16. The van der Waals surface area contributed by atoms with Crippen LogP contribution >= 0.6 is 0 Å². The fourth-order valence-electron chi connectivity index (χ4n) is 3.34. The van der Waals surface area contributed by atoms with Gasteiger partial charge in [0.25, 0.3) is 11.8 Å². The number of piperazine rings is 1. The van der Waals surface area contributed by atoms with E-state index in [0.29, 0.717) is 44.6 Å². The summed E-state index contributed by atoms with van der Waals surface area (Å²) < 4.78 is 0. The Kier molecular flexibility index (Phi) is 4.16. The Bertz CT molecular complexity index is 544. The van der Waals surface area contributed by atoms with Gasteiger partial charge in [0, 0.05) is 31.7 Å². The highest BCUT2D eigenvalue weighted by Crippen LogP contribution is 2.31. The molecule has 5 heteroatoms. The third-order valence-electron chi connectivity index (χ3n) is 4.70. The molecule has 2 amide bonds. The van der Waals surface area contributed by atoms with Crippen LogP contribution in [0.3, 0.4) is 0 Å². The second kappa shape index (κ2) is 6.08. The topological polar surface area (TPSA) is 60.9 Å². The average Bonchev–Trinajstić information content (AvgIpc) is 3.02. The van der Waals surface area contributed by atoms with Crippen molar-refractivity contribution in [3.8, 4) is 0 Å². The van der Waals surface area contributed by atoms with Crippen LogP contribution in [0.4, 0.5) is 0 Å². The molecule has 0 atom stereocenters. The van der Waals surface area contributed by atoms with Gasteiger partial charge < -0.3 is 14.9 Å². The lowest BCUT2D eigenvalue weighted by Crippen LogP contribution is -2.56. The van der Waals surface area contributed by atoms with Gasteiger partial charge in [-0.25, -0.2) is 0 Å². The van der Waals surface area contributed by atoms with Gasteiger partial charge in [-0.2, -0.15) is 0 Å². The quantitative estimate of drug-likeness (QED) is 0.895. The zero-order valence-corrected chi connectivity index (χ0v) is 12.7. The molecule has 2 aliphatic rings. The van der Waals surface area contributed by atoms with Crippen LogP contribution < -0.4 is 0 Å². The lowest BCUT2D eigenvalue weighted by Gasteiger charge is -2.38. The van der Waals surface area contributed by atoms with Gasteiger partial charge in [0.1, 0.15) is 5.60 Å². The lowest BCUT2D eigenvalue weighted by atomic mass is 10.00. The molecular formula is C17H22N2O3. The summed E-state index contributed by atoms with van der Waals surface area (Å²) in [5.41, 5.74) is -0.484. The van der Waals surface area contributed by atoms with Gasteiger partial charge >= 0.3 is 0 Å². The maximum atomic E-state index is 12.4. The van der Waals surface area contributed by atoms with E-state index in [-0.39, 0.29) is 11.8 Å². The third kappa shape index (κ3) is 2.86. The molecule has 1 saturated heterocycles. The zero-order valence-electron chi connectivity index (χ0n) is 12.7. The van der Waals surface area contributed by atoms with E-state index in [1.165, 1.54) is 0 Å². The molecule has 1 N–H and O–H groups in total. The molecule has 0 radical (unpaired) electrons. The standard InChI is InChI=1S/C17H22N2O3/c20-15(14-6-2-1-3-7-14)18-10-12-19(13-11-18)16(21)17(22)8-4-5-9-17/h1-3,6-7,22H,4-5,8-13H2. The first-order valence-electron chi connectivity index (χ1n) is 7.96. The fraction of sp³-hybridized carbons (Fsp3) is 0.529. The van der Waals surface area contributed by atoms with Gasteiger partial charge in [0.15, 0.2) is 0 Å². The molecule has 1 aliphatic heterocycles. The molecular weight excluding hydrogens is 280 g/mol. The summed E-state index contributed by atoms with van der Waals surface area (Å²) in [6.45, 7) is 2.05. The van der Waals surface area contributed by atoms with Crippen LogP contribution in [0.1, 0.15) is 36.0 Å². The smallest absolute Gasteiger partial charge is 0.254 e. The number of nitrogens with zero attached hydrogens (tertiary/aromatic N) is 2. The van der Waals surface area contributed by atoms with Crippen LogP contribution in [0, 0.1) is 0 Å². The van der Waals surface area contributed by atoms with E-state index in [1.807, 2.05) is 18.2 Å². The highest BCUT2D eigenvalue weighted by atomic mass is 16.3. The largest absolute Gasteiger partial charge is 0.380 e. The Morgan fingerprint density at radius 1 is 0.909 bits per heavy atom. The minimum Gasteiger partial charge on any atom is -0.380 e. The van der Waals surface area contributed by atoms with E-state index >= 15 is 0 Å². The average molecular weight is 302 g/mol. The molecule has 118 valence electrons. The lowest BCUT2D eigenvalue weighted by molar-refractivity contribution is -0.152. The number of carbonyl (C=O) groups is 2. The van der Waals surface area contributed by atoms with Crippen molar-refractivity contribution in [3.63, 3.8) is 0 Å². The summed E-state index contributed by atoms with van der Waals surface area (Å²) in [5.74, 6) is -0.149. The van der Waals surface area contributed by atoms with Crippen LogP contribution in [0.15, 0.2) is 30.3 Å². The SMILES string of the molecule is O=C(c1ccccc1)N1CCN(C(=O)C2(O)CCCC2)CC1. The van der Waals surface area contributed by atoms with Crippen LogP contribution in [0.2, 0.25) is 0 Å². The number of amides is 2. The first-order valence-corrected chi connectivity index (χ1v) is 7.96. The van der Waals surface area contributed by atoms with Gasteiger partial charge in [-0.1, -0.05) is 18.2 Å². The van der Waals surface area contributed by atoms with Gasteiger partial charge in [0.2, 0.25) is 0 Å². The van der Waals surface area contributed by atoms with Gasteiger partial charge in [-0.05, 0) is 37.8 Å². The van der Waals surface area contributed by atoms with Crippen LogP contribution in [0.5, 0.6) is 0 Å². The van der Waals surface area contributed by atoms with Gasteiger partial charge in [-0.15, -0.1) is 0 Å². The van der Waals surface area contributed by atoms with E-state index in [1.54, 1.807) is 21.9 Å². The maximum absolute atomic E-state index is 12.4. The highest BCUT2D eigenvalue weighted by Gasteiger charge is 2.42. The number of rotatable bonds is 2. The fourth-order valence-corrected chi connectivity index (χ4v) is 3.34. The Hall–Kier alpha value is -1.88. The molecule has 0 bridgehead atoms. The van der Waals surface area contributed by atoms with Crippen molar-refractivity contribution < 1.29 is 14.7 Å². The third-order valence-corrected chi connectivity index (χ3v) is 4.70. The predicted octanol–water partition coefficient (Wildman–Crippen LogP) is 1.28. The van der Waals surface area contributed by atoms with Gasteiger partial charge in [0.05, 0.1) is 0 Å². The van der Waals surface area contributed by atoms with Crippen molar-refractivity contribution in [2.75, 3.05) is 26.2 Å². The Morgan fingerprint density at radius 2 is 1.45 bits per heavy atom. The summed E-state index contributed by atoms with van der Waals surface area (Å²) >= 11 is 0. The number of carbonyl (C=O) groups excluding carboxylic acids is 2. The molecule has 0 unspecified atom stereocenters. The molecule has 2 fully saturated rings. The van der Waals surface area contributed by atoms with Crippen molar-refractivity contribution in [1.82, 2.24) is 9.80 Å². The summed E-state index contributed by atoms with van der Waals surface area (Å²) in [5, 5.41) is 10.4. The first kappa shape index (κ1) is 15.0. The van der Waals surface area contributed by atoms with Crippen molar-refractivity contribution in [2.45, 2.75) is 31.3 Å². The monoisotopic (exact) mass is 302 g/mol. The minimum absolute atomic E-state index is 0.00674. The number of benzene rings is 1. The number of hydrogen-bond acceptors (Lipinski definition) is 3. The predicted molar refractivity (Wildman–Crippen MR) is 82.3 cm³/mol. The molecule has 1 heterocycles. The first-order chi connectivity index (χ1) is 10.6. The Labute approximate surface area is 130 Å². The van der Waals surface area contributed by atoms with Crippen molar-refractivity contribution >= 4 is 11.8 Å². The molecule has 5 nitrogen and oxygen atoms in total. The Morgan fingerprint density at radius 3 is 2.05 bits per heavy atom. The van der Waals surface area contributed by atoms with Crippen LogP contribution in [0.25, 0.3) is 0 Å². The summed E-state index contributed by atoms with van der Waals surface area (Å²) in [4.78, 5) is 28.3. The molecule has 0 spiro atoms. The van der Waals surface area contributed by atoms with E-state index in [9.17, 15) is 14.7 Å².